The van der Waals surface area contributed by atoms with E-state index < -0.39 is 13.4 Å². The Hall–Kier alpha value is 0.598. The Bertz CT molecular complexity index is 90.7. The maximum Gasteiger partial charge on any atom is 0 e. The van der Waals surface area contributed by atoms with Gasteiger partial charge in [0.05, 0.1) is 0 Å². The van der Waals surface area contributed by atoms with Gasteiger partial charge in [0.25, 0.3) is 0 Å². The topological polar surface area (TPSA) is 74.6 Å². The van der Waals surface area contributed by atoms with Gasteiger partial charge >= 0.3 is 29.4 Å². The maximum absolute atomic E-state index is 8.82. The summed E-state index contributed by atoms with van der Waals surface area (Å²) in [5.74, 6) is 0. The van der Waals surface area contributed by atoms with Crippen LogP contribution in [0.2, 0.25) is 0 Å². The number of rotatable bonds is 0. The summed E-state index contributed by atoms with van der Waals surface area (Å²) in [6.07, 6.45) is 0. The zero-order valence-corrected chi connectivity index (χ0v) is 6.16. The summed E-state index contributed by atoms with van der Waals surface area (Å²) in [4.78, 5) is 0. The molecule has 0 aliphatic heterocycles. The van der Waals surface area contributed by atoms with E-state index in [0.29, 0.717) is 0 Å². The van der Waals surface area contributed by atoms with Gasteiger partial charge in [0.15, 0.2) is 0 Å². The first-order valence-electron chi connectivity index (χ1n) is 0.698. The van der Waals surface area contributed by atoms with Gasteiger partial charge in [0.2, 0.25) is 0 Å². The van der Waals surface area contributed by atoms with E-state index in [1.165, 1.54) is 0 Å². The van der Waals surface area contributed by atoms with Crippen molar-refractivity contribution in [1.29, 1.82) is 0 Å². The van der Waals surface area contributed by atoms with E-state index in [4.69, 9.17) is 16.0 Å². The van der Waals surface area contributed by atoms with Crippen LogP contribution in [0.15, 0.2) is 0 Å². The average Bonchev–Trinajstić information content (AvgIpc) is 0.722. The molecule has 0 rings (SSSR count). The van der Waals surface area contributed by atoms with Crippen molar-refractivity contribution < 1.29 is 16.0 Å². The molecule has 0 aliphatic rings. The molecule has 0 amide bonds. The second-order valence-electron chi connectivity index (χ2n) is 0.448. The van der Waals surface area contributed by atoms with Crippen molar-refractivity contribution in [2.45, 2.75) is 0 Å². The first kappa shape index (κ1) is 9.78. The van der Waals surface area contributed by atoms with Gasteiger partial charge in [-0.3, -0.25) is 0 Å². The zero-order valence-electron chi connectivity index (χ0n) is 2.57. The van der Waals surface area contributed by atoms with Crippen LogP contribution < -0.4 is 0 Å². The largest absolute Gasteiger partial charge is 0 e. The van der Waals surface area contributed by atoms with Crippen LogP contribution in [-0.4, -0.2) is 39.7 Å². The zero-order chi connectivity index (χ0) is 4.50. The van der Waals surface area contributed by atoms with Gasteiger partial charge in [-0.15, -0.1) is 0 Å². The molecule has 0 saturated carbocycles. The Balaban J connectivity index is 0. The van der Waals surface area contributed by atoms with Crippen molar-refractivity contribution in [3.8, 4) is 0 Å². The molecule has 0 aromatic heterocycles. The predicted octanol–water partition coefficient (Wildman–Crippen LogP) is -2.11. The molecule has 0 aliphatic carbocycles. The van der Waals surface area contributed by atoms with Crippen LogP contribution in [0.1, 0.15) is 0 Å². The standard InChI is InChI=1S/As.H2O4Se/c;1-5(2,3)4/h;(H2,1,2,3,4). The van der Waals surface area contributed by atoms with E-state index in [0.717, 1.165) is 0 Å². The molecule has 0 aromatic rings. The second kappa shape index (κ2) is 2.72. The van der Waals surface area contributed by atoms with Gasteiger partial charge in [-0.1, -0.05) is 0 Å². The molecule has 6 heteroatoms. The van der Waals surface area contributed by atoms with E-state index in [2.05, 4.69) is 0 Å². The predicted molar refractivity (Wildman–Crippen MR) is 17.3 cm³/mol. The molecule has 0 unspecified atom stereocenters. The Morgan fingerprint density at radius 3 is 1.17 bits per heavy atom. The van der Waals surface area contributed by atoms with Crippen molar-refractivity contribution in [3.63, 3.8) is 0 Å². The first-order chi connectivity index (χ1) is 2.00. The van der Waals surface area contributed by atoms with Gasteiger partial charge in [-0.05, 0) is 0 Å². The molecule has 0 heterocycles. The Labute approximate surface area is 47.8 Å². The molecule has 37 valence electrons. The molecule has 0 saturated heterocycles. The Morgan fingerprint density at radius 1 is 1.17 bits per heavy atom. The molecule has 2 N–H and O–H groups in total. The van der Waals surface area contributed by atoms with Crippen molar-refractivity contribution in [3.05, 3.63) is 0 Å². The third-order valence-electron chi connectivity index (χ3n) is 0. The van der Waals surface area contributed by atoms with Crippen LogP contribution in [0.3, 0.4) is 0 Å². The second-order valence-corrected chi connectivity index (χ2v) is 2.33. The molecule has 6 heavy (non-hydrogen) atoms. The summed E-state index contributed by atoms with van der Waals surface area (Å²) in [6, 6.07) is 0. The molecule has 3 radical (unpaired) electrons. The van der Waals surface area contributed by atoms with Gasteiger partial charge in [-0.2, -0.15) is 0 Å². The number of hydrogen-bond acceptors (Lipinski definition) is 2. The monoisotopic (exact) mass is 221 g/mol. The minimum absolute atomic E-state index is 0. The van der Waals surface area contributed by atoms with Crippen LogP contribution in [0.5, 0.6) is 0 Å². The van der Waals surface area contributed by atoms with Crippen LogP contribution in [0.25, 0.3) is 0 Å². The summed E-state index contributed by atoms with van der Waals surface area (Å²) < 4.78 is 31.9. The molecule has 0 fully saturated rings. The van der Waals surface area contributed by atoms with Crippen molar-refractivity contribution in [1.82, 2.24) is 0 Å². The fourth-order valence-corrected chi connectivity index (χ4v) is 0. The van der Waals surface area contributed by atoms with E-state index in [1.54, 1.807) is 0 Å². The summed E-state index contributed by atoms with van der Waals surface area (Å²) in [5.41, 5.74) is 0. The fraction of sp³-hybridized carbons (Fsp3) is 0. The Kier molecular flexibility index (Phi) is 4.43. The molecule has 0 spiro atoms. The van der Waals surface area contributed by atoms with Crippen molar-refractivity contribution >= 4 is 31.3 Å². The molecular formula is H2AsO4Se. The third kappa shape index (κ3) is 166. The van der Waals surface area contributed by atoms with Crippen molar-refractivity contribution in [2.75, 3.05) is 0 Å². The minimum atomic E-state index is -5.25. The van der Waals surface area contributed by atoms with Gasteiger partial charge in [0.1, 0.15) is 0 Å². The van der Waals surface area contributed by atoms with Gasteiger partial charge < -0.3 is 0 Å². The van der Waals surface area contributed by atoms with Crippen molar-refractivity contribution in [2.24, 2.45) is 0 Å². The molecule has 0 aromatic carbocycles. The molecule has 4 nitrogen and oxygen atoms in total. The average molecular weight is 220 g/mol. The van der Waals surface area contributed by atoms with Crippen LogP contribution in [0, 0.1) is 0 Å². The smallest absolute Gasteiger partial charge is 0 e. The minimum Gasteiger partial charge on any atom is 0 e. The van der Waals surface area contributed by atoms with Crippen LogP contribution in [-0.2, 0) is 7.67 Å². The molecular weight excluding hydrogens is 218 g/mol. The normalized spacial score (nSPS) is 9.67. The number of hydrogen-bond donors (Lipinski definition) is 2. The fourth-order valence-electron chi connectivity index (χ4n) is 0. The summed E-state index contributed by atoms with van der Waals surface area (Å²) in [6.45, 7) is 0. The van der Waals surface area contributed by atoms with Crippen LogP contribution in [0.4, 0.5) is 0 Å². The van der Waals surface area contributed by atoms with Gasteiger partial charge in [0, 0.05) is 18.0 Å². The summed E-state index contributed by atoms with van der Waals surface area (Å²) >= 11 is -5.25. The van der Waals surface area contributed by atoms with Crippen LogP contribution >= 0.6 is 0 Å². The third-order valence-corrected chi connectivity index (χ3v) is 0. The quantitative estimate of drug-likeness (QED) is 0.458. The molecule has 0 atom stereocenters. The van der Waals surface area contributed by atoms with E-state index >= 15 is 0 Å². The van der Waals surface area contributed by atoms with E-state index in [1.807, 2.05) is 0 Å². The van der Waals surface area contributed by atoms with E-state index in [-0.39, 0.29) is 18.0 Å². The summed E-state index contributed by atoms with van der Waals surface area (Å²) in [7, 11) is 0. The molecule has 0 bridgehead atoms. The SMILES string of the molecule is O=[Se](=O)(O)O.[As]. The first-order valence-corrected chi connectivity index (χ1v) is 3.63. The maximum atomic E-state index is 8.82. The van der Waals surface area contributed by atoms with Gasteiger partial charge in [-0.25, -0.2) is 0 Å². The van der Waals surface area contributed by atoms with E-state index in [9.17, 15) is 0 Å². The summed E-state index contributed by atoms with van der Waals surface area (Å²) in [5, 5.41) is 0. The Morgan fingerprint density at radius 2 is 1.17 bits per heavy atom.